The zero-order chi connectivity index (χ0) is 13.0. The monoisotopic (exact) mass is 262 g/mol. The van der Waals surface area contributed by atoms with Gasteiger partial charge < -0.3 is 9.73 Å². The molecule has 0 spiro atoms. The fourth-order valence-electron chi connectivity index (χ4n) is 1.61. The summed E-state index contributed by atoms with van der Waals surface area (Å²) in [6.45, 7) is 7.33. The summed E-state index contributed by atoms with van der Waals surface area (Å²) in [5.41, 5.74) is 2.55. The van der Waals surface area contributed by atoms with E-state index in [9.17, 15) is 0 Å². The number of hydrogen-bond donors (Lipinski definition) is 1. The van der Waals surface area contributed by atoms with E-state index in [0.29, 0.717) is 11.3 Å². The molecule has 0 fully saturated rings. The fourth-order valence-corrected chi connectivity index (χ4v) is 2.37. The Bertz CT molecular complexity index is 495. The largest absolute Gasteiger partial charge is 0.440 e. The van der Waals surface area contributed by atoms with Gasteiger partial charge in [-0.15, -0.1) is 0 Å². The summed E-state index contributed by atoms with van der Waals surface area (Å²) in [5, 5.41) is 4.10. The average Bonchev–Trinajstić information content (AvgIpc) is 2.82. The molecule has 0 saturated carbocycles. The first-order chi connectivity index (χ1) is 8.65. The average molecular weight is 262 g/mol. The van der Waals surface area contributed by atoms with Crippen molar-refractivity contribution in [3.05, 3.63) is 41.8 Å². The van der Waals surface area contributed by atoms with E-state index < -0.39 is 0 Å². The van der Waals surface area contributed by atoms with Gasteiger partial charge in [0, 0.05) is 17.5 Å². The predicted molar refractivity (Wildman–Crippen MR) is 73.8 cm³/mol. The Balaban J connectivity index is 2.05. The van der Waals surface area contributed by atoms with E-state index in [1.807, 2.05) is 0 Å². The van der Waals surface area contributed by atoms with Crippen LogP contribution in [0.3, 0.4) is 0 Å². The Morgan fingerprint density at radius 2 is 2.22 bits per heavy atom. The zero-order valence-electron chi connectivity index (χ0n) is 10.9. The van der Waals surface area contributed by atoms with Crippen LogP contribution in [0.15, 0.2) is 45.2 Å². The molecule has 0 aliphatic heterocycles. The van der Waals surface area contributed by atoms with Gasteiger partial charge in [0.2, 0.25) is 0 Å². The van der Waals surface area contributed by atoms with E-state index in [2.05, 4.69) is 49.3 Å². The number of aromatic nitrogens is 1. The van der Waals surface area contributed by atoms with Crippen molar-refractivity contribution in [2.75, 3.05) is 0 Å². The minimum atomic E-state index is 0.506. The van der Waals surface area contributed by atoms with Crippen LogP contribution < -0.4 is 5.32 Å². The van der Waals surface area contributed by atoms with Crippen molar-refractivity contribution in [3.8, 4) is 0 Å². The van der Waals surface area contributed by atoms with Crippen LogP contribution in [0.2, 0.25) is 0 Å². The highest BCUT2D eigenvalue weighted by atomic mass is 32.2. The van der Waals surface area contributed by atoms with E-state index in [4.69, 9.17) is 4.42 Å². The maximum Gasteiger partial charge on any atom is 0.260 e. The first-order valence-electron chi connectivity index (χ1n) is 6.05. The van der Waals surface area contributed by atoms with E-state index in [0.717, 1.165) is 6.54 Å². The summed E-state index contributed by atoms with van der Waals surface area (Å²) in [7, 11) is 0. The van der Waals surface area contributed by atoms with E-state index >= 15 is 0 Å². The number of aryl methyl sites for hydroxylation is 1. The van der Waals surface area contributed by atoms with Crippen molar-refractivity contribution in [1.29, 1.82) is 0 Å². The lowest BCUT2D eigenvalue weighted by Crippen LogP contribution is -2.21. The fraction of sp³-hybridized carbons (Fsp3) is 0.357. The summed E-state index contributed by atoms with van der Waals surface area (Å²) in [6.07, 6.45) is 3.26. The summed E-state index contributed by atoms with van der Waals surface area (Å²) in [6, 6.07) is 6.99. The third-order valence-corrected chi connectivity index (χ3v) is 3.61. The highest BCUT2D eigenvalue weighted by Gasteiger charge is 2.05. The Hall–Kier alpha value is -1.26. The third-order valence-electron chi connectivity index (χ3n) is 2.56. The van der Waals surface area contributed by atoms with Gasteiger partial charge in [0.15, 0.2) is 0 Å². The number of nitrogens with zero attached hydrogens (tertiary/aromatic N) is 1. The molecule has 0 radical (unpaired) electrons. The first kappa shape index (κ1) is 13.2. The van der Waals surface area contributed by atoms with E-state index in [1.165, 1.54) is 16.0 Å². The molecule has 1 aromatic carbocycles. The van der Waals surface area contributed by atoms with Crippen LogP contribution in [0, 0.1) is 6.92 Å². The molecule has 96 valence electrons. The highest BCUT2D eigenvalue weighted by molar-refractivity contribution is 7.99. The Kier molecular flexibility index (Phi) is 4.44. The molecule has 2 aromatic rings. The topological polar surface area (TPSA) is 38.1 Å². The molecule has 1 aromatic heterocycles. The number of nitrogens with one attached hydrogen (secondary N) is 1. The van der Waals surface area contributed by atoms with Crippen LogP contribution in [-0.2, 0) is 6.54 Å². The molecule has 3 nitrogen and oxygen atoms in total. The molecule has 0 saturated heterocycles. The lowest BCUT2D eigenvalue weighted by atomic mass is 10.1. The summed E-state index contributed by atoms with van der Waals surface area (Å²) in [4.78, 5) is 5.30. The predicted octanol–water partition coefficient (Wildman–Crippen LogP) is 3.63. The Labute approximate surface area is 112 Å². The number of benzene rings is 1. The van der Waals surface area contributed by atoms with Crippen LogP contribution in [-0.4, -0.2) is 11.0 Å². The van der Waals surface area contributed by atoms with E-state index in [-0.39, 0.29) is 0 Å². The van der Waals surface area contributed by atoms with Crippen LogP contribution in [0.1, 0.15) is 25.0 Å². The second-order valence-electron chi connectivity index (χ2n) is 4.54. The minimum absolute atomic E-state index is 0.506. The molecule has 2 rings (SSSR count). The molecule has 1 N–H and O–H groups in total. The molecule has 1 heterocycles. The maximum atomic E-state index is 5.24. The molecular weight excluding hydrogens is 244 g/mol. The van der Waals surface area contributed by atoms with Gasteiger partial charge in [-0.2, -0.15) is 0 Å². The van der Waals surface area contributed by atoms with E-state index in [1.54, 1.807) is 24.2 Å². The second-order valence-corrected chi connectivity index (χ2v) is 5.53. The van der Waals surface area contributed by atoms with Crippen molar-refractivity contribution in [1.82, 2.24) is 10.3 Å². The third kappa shape index (κ3) is 3.62. The molecular formula is C14H18N2OS. The molecule has 0 amide bonds. The van der Waals surface area contributed by atoms with Crippen LogP contribution >= 0.6 is 11.8 Å². The van der Waals surface area contributed by atoms with Gasteiger partial charge in [-0.1, -0.05) is 26.0 Å². The van der Waals surface area contributed by atoms with Gasteiger partial charge in [-0.3, -0.25) is 0 Å². The Morgan fingerprint density at radius 1 is 1.39 bits per heavy atom. The highest BCUT2D eigenvalue weighted by Crippen LogP contribution is 2.29. The molecule has 0 bridgehead atoms. The number of hydrogen-bond acceptors (Lipinski definition) is 4. The second kappa shape index (κ2) is 6.07. The summed E-state index contributed by atoms with van der Waals surface area (Å²) in [5.74, 6) is 0. The van der Waals surface area contributed by atoms with Crippen molar-refractivity contribution in [2.45, 2.75) is 43.5 Å². The Morgan fingerprint density at radius 3 is 2.83 bits per heavy atom. The summed E-state index contributed by atoms with van der Waals surface area (Å²) < 4.78 is 5.24. The molecule has 18 heavy (non-hydrogen) atoms. The normalized spacial score (nSPS) is 11.1. The SMILES string of the molecule is Cc1cc(CNC(C)C)ccc1Sc1ncco1. The lowest BCUT2D eigenvalue weighted by molar-refractivity contribution is 0.454. The van der Waals surface area contributed by atoms with Gasteiger partial charge in [0.05, 0.1) is 6.20 Å². The number of oxazole rings is 1. The van der Waals surface area contributed by atoms with Crippen LogP contribution in [0.25, 0.3) is 0 Å². The lowest BCUT2D eigenvalue weighted by Gasteiger charge is -2.10. The van der Waals surface area contributed by atoms with Crippen LogP contribution in [0.5, 0.6) is 0 Å². The van der Waals surface area contributed by atoms with Crippen LogP contribution in [0.4, 0.5) is 0 Å². The summed E-state index contributed by atoms with van der Waals surface area (Å²) >= 11 is 1.56. The quantitative estimate of drug-likeness (QED) is 0.893. The van der Waals surface area contributed by atoms with Gasteiger partial charge in [0.25, 0.3) is 5.22 Å². The molecule has 0 unspecified atom stereocenters. The van der Waals surface area contributed by atoms with Gasteiger partial charge >= 0.3 is 0 Å². The standard InChI is InChI=1S/C14H18N2OS/c1-10(2)16-9-12-4-5-13(11(3)8-12)18-14-15-6-7-17-14/h4-8,10,16H,9H2,1-3H3. The van der Waals surface area contributed by atoms with Gasteiger partial charge in [-0.05, 0) is 35.9 Å². The van der Waals surface area contributed by atoms with Crippen molar-refractivity contribution in [3.63, 3.8) is 0 Å². The number of rotatable bonds is 5. The van der Waals surface area contributed by atoms with Crippen molar-refractivity contribution < 1.29 is 4.42 Å². The molecule has 0 atom stereocenters. The van der Waals surface area contributed by atoms with Crippen molar-refractivity contribution in [2.24, 2.45) is 0 Å². The van der Waals surface area contributed by atoms with Gasteiger partial charge in [0.1, 0.15) is 6.26 Å². The minimum Gasteiger partial charge on any atom is -0.440 e. The molecule has 0 aliphatic carbocycles. The first-order valence-corrected chi connectivity index (χ1v) is 6.87. The smallest absolute Gasteiger partial charge is 0.260 e. The molecule has 0 aliphatic rings. The maximum absolute atomic E-state index is 5.24. The van der Waals surface area contributed by atoms with Gasteiger partial charge in [-0.25, -0.2) is 4.98 Å². The zero-order valence-corrected chi connectivity index (χ0v) is 11.8. The molecule has 4 heteroatoms. The van der Waals surface area contributed by atoms with Crippen molar-refractivity contribution >= 4 is 11.8 Å².